The van der Waals surface area contributed by atoms with E-state index in [1.54, 1.807) is 12.1 Å². The quantitative estimate of drug-likeness (QED) is 0.589. The van der Waals surface area contributed by atoms with Crippen LogP contribution < -0.4 is 10.6 Å². The van der Waals surface area contributed by atoms with E-state index in [0.717, 1.165) is 11.3 Å². The summed E-state index contributed by atoms with van der Waals surface area (Å²) in [6.45, 7) is 6.88. The average Bonchev–Trinajstić information content (AvgIpc) is 3.10. The lowest BCUT2D eigenvalue weighted by atomic mass is 9.87. The number of halogens is 1. The van der Waals surface area contributed by atoms with Crippen molar-refractivity contribution in [3.05, 3.63) is 65.0 Å². The zero-order valence-electron chi connectivity index (χ0n) is 15.4. The maximum absolute atomic E-state index is 5.87. The van der Waals surface area contributed by atoms with Crippen LogP contribution in [0.5, 0.6) is 0 Å². The van der Waals surface area contributed by atoms with Crippen LogP contribution in [0, 0.1) is 0 Å². The standard InChI is InChI=1S/C20H21ClN4OS/c1-20(2,3)14-6-4-13(5-7-14)18-24-17(26-25-18)12-22-19(27)23-16-10-8-15(21)9-11-16/h4-11H,12H2,1-3H3,(H2,22,23,27). The first-order chi connectivity index (χ1) is 12.8. The topological polar surface area (TPSA) is 63.0 Å². The third kappa shape index (κ3) is 5.28. The molecular formula is C20H21ClN4OS. The smallest absolute Gasteiger partial charge is 0.246 e. The van der Waals surface area contributed by atoms with E-state index >= 15 is 0 Å². The summed E-state index contributed by atoms with van der Waals surface area (Å²) >= 11 is 11.1. The normalized spacial score (nSPS) is 11.3. The molecule has 2 aromatic carbocycles. The van der Waals surface area contributed by atoms with E-state index in [-0.39, 0.29) is 5.41 Å². The molecule has 7 heteroatoms. The first-order valence-electron chi connectivity index (χ1n) is 8.55. The maximum Gasteiger partial charge on any atom is 0.246 e. The fourth-order valence-electron chi connectivity index (χ4n) is 2.43. The highest BCUT2D eigenvalue weighted by molar-refractivity contribution is 7.80. The predicted octanol–water partition coefficient (Wildman–Crippen LogP) is 5.17. The number of rotatable bonds is 4. The van der Waals surface area contributed by atoms with Gasteiger partial charge in [0.2, 0.25) is 11.7 Å². The van der Waals surface area contributed by atoms with Crippen molar-refractivity contribution in [2.75, 3.05) is 5.32 Å². The molecular weight excluding hydrogens is 380 g/mol. The van der Waals surface area contributed by atoms with Crippen molar-refractivity contribution >= 4 is 34.6 Å². The minimum Gasteiger partial charge on any atom is -0.353 e. The predicted molar refractivity (Wildman–Crippen MR) is 113 cm³/mol. The number of hydrogen-bond donors (Lipinski definition) is 2. The lowest BCUT2D eigenvalue weighted by molar-refractivity contribution is 0.376. The van der Waals surface area contributed by atoms with Gasteiger partial charge in [0.05, 0.1) is 6.54 Å². The Labute approximate surface area is 169 Å². The maximum atomic E-state index is 5.87. The van der Waals surface area contributed by atoms with Crippen molar-refractivity contribution in [3.63, 3.8) is 0 Å². The summed E-state index contributed by atoms with van der Waals surface area (Å²) in [6, 6.07) is 15.5. The summed E-state index contributed by atoms with van der Waals surface area (Å²) in [7, 11) is 0. The molecule has 0 aliphatic carbocycles. The van der Waals surface area contributed by atoms with E-state index in [1.165, 1.54) is 5.56 Å². The summed E-state index contributed by atoms with van der Waals surface area (Å²) in [4.78, 5) is 4.42. The SMILES string of the molecule is CC(C)(C)c1ccc(-c2noc(CNC(=S)Nc3ccc(Cl)cc3)n2)cc1. The molecule has 140 valence electrons. The van der Waals surface area contributed by atoms with Gasteiger partial charge in [-0.2, -0.15) is 4.98 Å². The van der Waals surface area contributed by atoms with Gasteiger partial charge in [0.1, 0.15) is 0 Å². The fraction of sp³-hybridized carbons (Fsp3) is 0.250. The van der Waals surface area contributed by atoms with Gasteiger partial charge in [0.15, 0.2) is 5.11 Å². The average molecular weight is 401 g/mol. The molecule has 0 aliphatic heterocycles. The molecule has 27 heavy (non-hydrogen) atoms. The minimum atomic E-state index is 0.109. The van der Waals surface area contributed by atoms with Crippen molar-refractivity contribution < 1.29 is 4.52 Å². The Morgan fingerprint density at radius 3 is 2.37 bits per heavy atom. The molecule has 1 aromatic heterocycles. The molecule has 0 unspecified atom stereocenters. The zero-order chi connectivity index (χ0) is 19.4. The van der Waals surface area contributed by atoms with Gasteiger partial charge in [-0.3, -0.25) is 0 Å². The number of nitrogens with one attached hydrogen (secondary N) is 2. The molecule has 0 fully saturated rings. The van der Waals surface area contributed by atoms with Crippen molar-refractivity contribution in [1.82, 2.24) is 15.5 Å². The van der Waals surface area contributed by atoms with E-state index in [2.05, 4.69) is 53.7 Å². The third-order valence-corrected chi connectivity index (χ3v) is 4.48. The second kappa shape index (κ2) is 8.06. The molecule has 3 rings (SSSR count). The Bertz CT molecular complexity index is 914. The van der Waals surface area contributed by atoms with Crippen LogP contribution in [0.15, 0.2) is 53.1 Å². The molecule has 0 bridgehead atoms. The van der Waals surface area contributed by atoms with Gasteiger partial charge in [-0.15, -0.1) is 0 Å². The first kappa shape index (κ1) is 19.3. The van der Waals surface area contributed by atoms with E-state index < -0.39 is 0 Å². The van der Waals surface area contributed by atoms with E-state index in [4.69, 9.17) is 28.3 Å². The van der Waals surface area contributed by atoms with Crippen LogP contribution in [-0.4, -0.2) is 15.3 Å². The molecule has 3 aromatic rings. The highest BCUT2D eigenvalue weighted by Gasteiger charge is 2.14. The number of anilines is 1. The lowest BCUT2D eigenvalue weighted by Crippen LogP contribution is -2.27. The van der Waals surface area contributed by atoms with E-state index in [1.807, 2.05) is 24.3 Å². The molecule has 0 saturated heterocycles. The summed E-state index contributed by atoms with van der Waals surface area (Å²) in [5.41, 5.74) is 3.13. The Hall–Kier alpha value is -2.44. The van der Waals surface area contributed by atoms with Gasteiger partial charge < -0.3 is 15.2 Å². The molecule has 0 radical (unpaired) electrons. The highest BCUT2D eigenvalue weighted by atomic mass is 35.5. The number of thiocarbonyl (C=S) groups is 1. The Kier molecular flexibility index (Phi) is 5.77. The van der Waals surface area contributed by atoms with E-state index in [9.17, 15) is 0 Å². The highest BCUT2D eigenvalue weighted by Crippen LogP contribution is 2.25. The Balaban J connectivity index is 1.57. The fourth-order valence-corrected chi connectivity index (χ4v) is 2.74. The molecule has 0 aliphatic rings. The van der Waals surface area contributed by atoms with Crippen LogP contribution >= 0.6 is 23.8 Å². The van der Waals surface area contributed by atoms with E-state index in [0.29, 0.717) is 28.4 Å². The number of nitrogens with zero attached hydrogens (tertiary/aromatic N) is 2. The number of hydrogen-bond acceptors (Lipinski definition) is 4. The zero-order valence-corrected chi connectivity index (χ0v) is 17.0. The van der Waals surface area contributed by atoms with Crippen LogP contribution in [-0.2, 0) is 12.0 Å². The Morgan fingerprint density at radius 1 is 1.07 bits per heavy atom. The monoisotopic (exact) mass is 400 g/mol. The summed E-state index contributed by atoms with van der Waals surface area (Å²) < 4.78 is 5.30. The molecule has 0 amide bonds. The molecule has 0 saturated carbocycles. The molecule has 1 heterocycles. The Morgan fingerprint density at radius 2 is 1.74 bits per heavy atom. The van der Waals surface area contributed by atoms with Gasteiger partial charge in [0.25, 0.3) is 0 Å². The second-order valence-electron chi connectivity index (χ2n) is 7.15. The second-order valence-corrected chi connectivity index (χ2v) is 8.00. The van der Waals surface area contributed by atoms with Crippen LogP contribution in [0.1, 0.15) is 32.2 Å². The van der Waals surface area contributed by atoms with Crippen molar-refractivity contribution in [3.8, 4) is 11.4 Å². The minimum absolute atomic E-state index is 0.109. The molecule has 2 N–H and O–H groups in total. The van der Waals surface area contributed by atoms with Crippen LogP contribution in [0.25, 0.3) is 11.4 Å². The van der Waals surface area contributed by atoms with Crippen LogP contribution in [0.4, 0.5) is 5.69 Å². The summed E-state index contributed by atoms with van der Waals surface area (Å²) in [6.07, 6.45) is 0. The van der Waals surface area contributed by atoms with Gasteiger partial charge in [0, 0.05) is 16.3 Å². The van der Waals surface area contributed by atoms with Crippen LogP contribution in [0.2, 0.25) is 5.02 Å². The number of benzene rings is 2. The van der Waals surface area contributed by atoms with Crippen molar-refractivity contribution in [2.45, 2.75) is 32.7 Å². The first-order valence-corrected chi connectivity index (χ1v) is 9.34. The summed E-state index contributed by atoms with van der Waals surface area (Å²) in [5, 5.41) is 11.3. The molecule has 0 atom stereocenters. The third-order valence-electron chi connectivity index (χ3n) is 3.98. The van der Waals surface area contributed by atoms with Gasteiger partial charge in [-0.05, 0) is 47.5 Å². The summed E-state index contributed by atoms with van der Waals surface area (Å²) in [5.74, 6) is 1.02. The molecule has 5 nitrogen and oxygen atoms in total. The van der Waals surface area contributed by atoms with Gasteiger partial charge >= 0.3 is 0 Å². The molecule has 0 spiro atoms. The lowest BCUT2D eigenvalue weighted by Gasteiger charge is -2.18. The largest absolute Gasteiger partial charge is 0.353 e. The van der Waals surface area contributed by atoms with Gasteiger partial charge in [-0.25, -0.2) is 0 Å². The van der Waals surface area contributed by atoms with Crippen LogP contribution in [0.3, 0.4) is 0 Å². The van der Waals surface area contributed by atoms with Crippen molar-refractivity contribution in [2.24, 2.45) is 0 Å². The number of aromatic nitrogens is 2. The van der Waals surface area contributed by atoms with Crippen molar-refractivity contribution in [1.29, 1.82) is 0 Å². The van der Waals surface area contributed by atoms with Gasteiger partial charge in [-0.1, -0.05) is 61.8 Å².